The first-order chi connectivity index (χ1) is 6.72. The summed E-state index contributed by atoms with van der Waals surface area (Å²) in [6.07, 6.45) is 1.70. The standard InChI is InChI=1S/C10H9ClN2O/c1-7-3-2-4-8-6-13(9(14)5-11)12-10(7)8/h2-4,6H,5H2,1H3. The zero-order valence-corrected chi connectivity index (χ0v) is 8.45. The van der Waals surface area contributed by atoms with Crippen LogP contribution in [0.25, 0.3) is 10.9 Å². The van der Waals surface area contributed by atoms with Crippen molar-refractivity contribution in [3.63, 3.8) is 0 Å². The van der Waals surface area contributed by atoms with Crippen molar-refractivity contribution in [2.45, 2.75) is 6.92 Å². The molecule has 0 aliphatic carbocycles. The van der Waals surface area contributed by atoms with Gasteiger partial charge in [-0.1, -0.05) is 18.2 Å². The van der Waals surface area contributed by atoms with Crippen molar-refractivity contribution in [2.75, 3.05) is 5.88 Å². The Morgan fingerprint density at radius 2 is 2.36 bits per heavy atom. The summed E-state index contributed by atoms with van der Waals surface area (Å²) < 4.78 is 1.30. The molecule has 3 nitrogen and oxygen atoms in total. The molecule has 14 heavy (non-hydrogen) atoms. The number of alkyl halides is 1. The Morgan fingerprint density at radius 3 is 3.00 bits per heavy atom. The lowest BCUT2D eigenvalue weighted by molar-refractivity contribution is 0.0926. The van der Waals surface area contributed by atoms with E-state index in [0.717, 1.165) is 16.5 Å². The number of rotatable bonds is 1. The van der Waals surface area contributed by atoms with Crippen LogP contribution in [0.15, 0.2) is 24.4 Å². The highest BCUT2D eigenvalue weighted by molar-refractivity contribution is 6.27. The number of hydrogen-bond donors (Lipinski definition) is 0. The number of aromatic nitrogens is 2. The van der Waals surface area contributed by atoms with Crippen LogP contribution in [0.2, 0.25) is 0 Å². The van der Waals surface area contributed by atoms with Gasteiger partial charge in [0.25, 0.3) is 5.91 Å². The fraction of sp³-hybridized carbons (Fsp3) is 0.200. The molecule has 1 heterocycles. The van der Waals surface area contributed by atoms with Crippen LogP contribution in [0.3, 0.4) is 0 Å². The lowest BCUT2D eigenvalue weighted by Gasteiger charge is -1.92. The minimum absolute atomic E-state index is 0.0486. The molecule has 2 rings (SSSR count). The summed E-state index contributed by atoms with van der Waals surface area (Å²) in [7, 11) is 0. The van der Waals surface area contributed by atoms with E-state index in [2.05, 4.69) is 5.10 Å². The summed E-state index contributed by atoms with van der Waals surface area (Å²) in [5.74, 6) is -0.255. The second-order valence-electron chi connectivity index (χ2n) is 3.11. The molecule has 0 saturated carbocycles. The SMILES string of the molecule is Cc1cccc2cn(C(=O)CCl)nc12. The molecule has 0 radical (unpaired) electrons. The highest BCUT2D eigenvalue weighted by atomic mass is 35.5. The van der Waals surface area contributed by atoms with Gasteiger partial charge in [0.05, 0.1) is 5.52 Å². The van der Waals surface area contributed by atoms with Crippen LogP contribution in [-0.4, -0.2) is 21.6 Å². The van der Waals surface area contributed by atoms with E-state index in [-0.39, 0.29) is 11.8 Å². The third-order valence-electron chi connectivity index (χ3n) is 2.11. The van der Waals surface area contributed by atoms with Crippen molar-refractivity contribution in [1.29, 1.82) is 0 Å². The average molecular weight is 209 g/mol. The Bertz CT molecular complexity index is 490. The minimum atomic E-state index is -0.206. The van der Waals surface area contributed by atoms with Crippen molar-refractivity contribution in [1.82, 2.24) is 9.78 Å². The molecule has 0 atom stereocenters. The maximum Gasteiger partial charge on any atom is 0.261 e. The van der Waals surface area contributed by atoms with Crippen molar-refractivity contribution in [2.24, 2.45) is 0 Å². The van der Waals surface area contributed by atoms with Gasteiger partial charge in [-0.15, -0.1) is 11.6 Å². The molecule has 2 aromatic rings. The molecule has 0 aliphatic rings. The van der Waals surface area contributed by atoms with Crippen molar-refractivity contribution >= 4 is 28.4 Å². The van der Waals surface area contributed by atoms with E-state index >= 15 is 0 Å². The van der Waals surface area contributed by atoms with Crippen LogP contribution >= 0.6 is 11.6 Å². The highest BCUT2D eigenvalue weighted by Gasteiger charge is 2.07. The van der Waals surface area contributed by atoms with Crippen molar-refractivity contribution in [3.8, 4) is 0 Å². The summed E-state index contributed by atoms with van der Waals surface area (Å²) in [5.41, 5.74) is 1.91. The maximum absolute atomic E-state index is 11.3. The molecule has 0 bridgehead atoms. The van der Waals surface area contributed by atoms with Crippen LogP contribution in [0.4, 0.5) is 0 Å². The second-order valence-corrected chi connectivity index (χ2v) is 3.38. The number of nitrogens with zero attached hydrogens (tertiary/aromatic N) is 2. The molecule has 0 fully saturated rings. The molecule has 0 unspecified atom stereocenters. The lowest BCUT2D eigenvalue weighted by Crippen LogP contribution is -2.11. The summed E-state index contributed by atoms with van der Waals surface area (Å²) in [6.45, 7) is 1.96. The predicted octanol–water partition coefficient (Wildman–Crippen LogP) is 2.22. The van der Waals surface area contributed by atoms with Gasteiger partial charge in [0.15, 0.2) is 0 Å². The van der Waals surface area contributed by atoms with E-state index in [1.54, 1.807) is 6.20 Å². The summed E-state index contributed by atoms with van der Waals surface area (Å²) in [4.78, 5) is 11.3. The van der Waals surface area contributed by atoms with E-state index in [4.69, 9.17) is 11.6 Å². The Kier molecular flexibility index (Phi) is 2.25. The average Bonchev–Trinajstić information content (AvgIpc) is 2.62. The van der Waals surface area contributed by atoms with Gasteiger partial charge in [0.1, 0.15) is 5.88 Å². The van der Waals surface area contributed by atoms with E-state index in [9.17, 15) is 4.79 Å². The first-order valence-electron chi connectivity index (χ1n) is 4.26. The Balaban J connectivity index is 2.62. The highest BCUT2D eigenvalue weighted by Crippen LogP contribution is 2.15. The van der Waals surface area contributed by atoms with Crippen LogP contribution in [-0.2, 0) is 0 Å². The smallest absolute Gasteiger partial charge is 0.261 e. The van der Waals surface area contributed by atoms with Gasteiger partial charge in [0.2, 0.25) is 0 Å². The fourth-order valence-electron chi connectivity index (χ4n) is 1.38. The molecular formula is C10H9ClN2O. The minimum Gasteiger partial charge on any atom is -0.271 e. The van der Waals surface area contributed by atoms with Crippen LogP contribution in [0.5, 0.6) is 0 Å². The van der Waals surface area contributed by atoms with Crippen LogP contribution in [0, 0.1) is 6.92 Å². The zero-order chi connectivity index (χ0) is 10.1. The topological polar surface area (TPSA) is 34.9 Å². The van der Waals surface area contributed by atoms with E-state index in [1.165, 1.54) is 4.68 Å². The number of hydrogen-bond acceptors (Lipinski definition) is 2. The molecular weight excluding hydrogens is 200 g/mol. The third kappa shape index (κ3) is 1.40. The quantitative estimate of drug-likeness (QED) is 0.674. The van der Waals surface area contributed by atoms with Crippen molar-refractivity contribution in [3.05, 3.63) is 30.0 Å². The number of benzene rings is 1. The first-order valence-corrected chi connectivity index (χ1v) is 4.80. The van der Waals surface area contributed by atoms with Crippen LogP contribution < -0.4 is 0 Å². The normalized spacial score (nSPS) is 10.7. The van der Waals surface area contributed by atoms with Gasteiger partial charge in [-0.2, -0.15) is 5.10 Å². The third-order valence-corrected chi connectivity index (χ3v) is 2.34. The Morgan fingerprint density at radius 1 is 1.57 bits per heavy atom. The molecule has 1 aromatic carbocycles. The first kappa shape index (κ1) is 9.21. The van der Waals surface area contributed by atoms with Gasteiger partial charge in [0, 0.05) is 11.6 Å². The largest absolute Gasteiger partial charge is 0.271 e. The molecule has 0 N–H and O–H groups in total. The number of carbonyl (C=O) groups is 1. The van der Waals surface area contributed by atoms with E-state index < -0.39 is 0 Å². The molecule has 0 spiro atoms. The monoisotopic (exact) mass is 208 g/mol. The number of halogens is 1. The van der Waals surface area contributed by atoms with Gasteiger partial charge >= 0.3 is 0 Å². The zero-order valence-electron chi connectivity index (χ0n) is 7.70. The van der Waals surface area contributed by atoms with E-state index in [1.807, 2.05) is 25.1 Å². The summed E-state index contributed by atoms with van der Waals surface area (Å²) in [5, 5.41) is 5.13. The number of fused-ring (bicyclic) bond motifs is 1. The van der Waals surface area contributed by atoms with Gasteiger partial charge in [-0.3, -0.25) is 4.79 Å². The van der Waals surface area contributed by atoms with Gasteiger partial charge < -0.3 is 0 Å². The fourth-order valence-corrected chi connectivity index (χ4v) is 1.50. The van der Waals surface area contributed by atoms with Gasteiger partial charge in [-0.25, -0.2) is 4.68 Å². The molecule has 0 amide bonds. The van der Waals surface area contributed by atoms with Gasteiger partial charge in [-0.05, 0) is 12.5 Å². The molecule has 4 heteroatoms. The number of aryl methyl sites for hydroxylation is 1. The predicted molar refractivity (Wildman–Crippen MR) is 55.8 cm³/mol. The van der Waals surface area contributed by atoms with Crippen LogP contribution in [0.1, 0.15) is 10.4 Å². The molecule has 1 aromatic heterocycles. The Hall–Kier alpha value is -1.35. The second kappa shape index (κ2) is 3.42. The van der Waals surface area contributed by atoms with E-state index in [0.29, 0.717) is 0 Å². The Labute approximate surface area is 86.3 Å². The van der Waals surface area contributed by atoms with Crippen molar-refractivity contribution < 1.29 is 4.79 Å². The summed E-state index contributed by atoms with van der Waals surface area (Å²) >= 11 is 5.44. The summed E-state index contributed by atoms with van der Waals surface area (Å²) in [6, 6.07) is 5.83. The number of carbonyl (C=O) groups excluding carboxylic acids is 1. The molecule has 0 saturated heterocycles. The lowest BCUT2D eigenvalue weighted by atomic mass is 10.2. The molecule has 0 aliphatic heterocycles. The maximum atomic E-state index is 11.3. The molecule has 72 valence electrons.